The third kappa shape index (κ3) is 2.12. The second-order valence-corrected chi connectivity index (χ2v) is 2.72. The van der Waals surface area contributed by atoms with Gasteiger partial charge in [-0.3, -0.25) is 4.79 Å². The molecule has 0 saturated carbocycles. The Morgan fingerprint density at radius 2 is 2.43 bits per heavy atom. The van der Waals surface area contributed by atoms with Gasteiger partial charge in [0.05, 0.1) is 24.9 Å². The third-order valence-electron chi connectivity index (χ3n) is 1.69. The molecule has 76 valence electrons. The highest BCUT2D eigenvalue weighted by Crippen LogP contribution is 2.03. The molecular weight excluding hydrogens is 182 g/mol. The number of aryl methyl sites for hydroxylation is 1. The van der Waals surface area contributed by atoms with Gasteiger partial charge in [-0.05, 0) is 6.92 Å². The van der Waals surface area contributed by atoms with Crippen LogP contribution in [0.2, 0.25) is 0 Å². The first kappa shape index (κ1) is 10.3. The monoisotopic (exact) mass is 195 g/mol. The zero-order valence-electron chi connectivity index (χ0n) is 8.23. The molecule has 0 saturated heterocycles. The van der Waals surface area contributed by atoms with E-state index in [0.717, 1.165) is 0 Å². The molecule has 1 heterocycles. The van der Waals surface area contributed by atoms with Crippen LogP contribution < -0.4 is 11.3 Å². The fourth-order valence-electron chi connectivity index (χ4n) is 0.912. The Bertz CT molecular complexity index is 396. The number of nitrogens with zero attached hydrogens (tertiary/aromatic N) is 2. The molecule has 1 rings (SSSR count). The Hall–Kier alpha value is -1.78. The van der Waals surface area contributed by atoms with E-state index in [0.29, 0.717) is 12.3 Å². The normalized spacial score (nSPS) is 10.7. The van der Waals surface area contributed by atoms with Crippen LogP contribution in [0.4, 0.5) is 5.69 Å². The maximum atomic E-state index is 11.3. The number of rotatable bonds is 3. The highest BCUT2D eigenvalue weighted by Gasteiger charge is 2.02. The fraction of sp³-hybridized carbons (Fsp3) is 0.333. The zero-order valence-corrected chi connectivity index (χ0v) is 8.23. The Morgan fingerprint density at radius 1 is 1.71 bits per heavy atom. The summed E-state index contributed by atoms with van der Waals surface area (Å²) in [6.45, 7) is 2.44. The predicted molar refractivity (Wildman–Crippen MR) is 54.6 cm³/mol. The minimum absolute atomic E-state index is 0.131. The van der Waals surface area contributed by atoms with Crippen LogP contribution in [0, 0.1) is 0 Å². The van der Waals surface area contributed by atoms with Crippen LogP contribution in [0.5, 0.6) is 0 Å². The molecule has 0 aliphatic heterocycles. The molecule has 0 unspecified atom stereocenters. The summed E-state index contributed by atoms with van der Waals surface area (Å²) in [5.74, 6) is 0. The lowest BCUT2D eigenvalue weighted by atomic mass is 10.3. The minimum atomic E-state index is -0.254. The molecule has 0 radical (unpaired) electrons. The zero-order chi connectivity index (χ0) is 10.6. The molecule has 2 N–H and O–H groups in total. The predicted octanol–water partition coefficient (Wildman–Crippen LogP) is 0.370. The molecule has 1 aromatic heterocycles. The number of anilines is 1. The molecule has 5 nitrogen and oxygen atoms in total. The van der Waals surface area contributed by atoms with Crippen molar-refractivity contribution in [2.24, 2.45) is 7.05 Å². The van der Waals surface area contributed by atoms with E-state index in [1.165, 1.54) is 17.2 Å². The van der Waals surface area contributed by atoms with Crippen molar-refractivity contribution in [3.63, 3.8) is 0 Å². The number of nitrogen functional groups attached to an aromatic ring is 1. The van der Waals surface area contributed by atoms with Crippen LogP contribution >= 0.6 is 0 Å². The van der Waals surface area contributed by atoms with Gasteiger partial charge in [0.1, 0.15) is 5.69 Å². The van der Waals surface area contributed by atoms with Crippen LogP contribution in [0.1, 0.15) is 12.6 Å². The molecule has 14 heavy (non-hydrogen) atoms. The maximum absolute atomic E-state index is 11.3. The number of hydrogen-bond donors (Lipinski definition) is 1. The third-order valence-corrected chi connectivity index (χ3v) is 1.69. The topological polar surface area (TPSA) is 70.1 Å². The summed E-state index contributed by atoms with van der Waals surface area (Å²) in [5.41, 5.74) is 5.87. The second kappa shape index (κ2) is 4.45. The quantitative estimate of drug-likeness (QED) is 0.707. The van der Waals surface area contributed by atoms with Crippen LogP contribution in [-0.2, 0) is 11.8 Å². The lowest BCUT2D eigenvalue weighted by Gasteiger charge is -2.01. The molecule has 0 atom stereocenters. The first-order chi connectivity index (χ1) is 6.66. The van der Waals surface area contributed by atoms with Crippen molar-refractivity contribution in [2.45, 2.75) is 6.92 Å². The van der Waals surface area contributed by atoms with Gasteiger partial charge in [-0.15, -0.1) is 0 Å². The average Bonchev–Trinajstić information content (AvgIpc) is 2.18. The van der Waals surface area contributed by atoms with Gasteiger partial charge in [0.25, 0.3) is 5.56 Å². The van der Waals surface area contributed by atoms with Gasteiger partial charge >= 0.3 is 0 Å². The van der Waals surface area contributed by atoms with Crippen LogP contribution in [0.25, 0.3) is 6.08 Å². The first-order valence-corrected chi connectivity index (χ1v) is 4.26. The molecule has 0 bridgehead atoms. The molecular formula is C9H13N3O2. The molecule has 0 spiro atoms. The number of nitrogens with two attached hydrogens (primary N) is 1. The van der Waals surface area contributed by atoms with Crippen LogP contribution in [0.3, 0.4) is 0 Å². The van der Waals surface area contributed by atoms with Gasteiger partial charge < -0.3 is 15.0 Å². The summed E-state index contributed by atoms with van der Waals surface area (Å²) >= 11 is 0. The van der Waals surface area contributed by atoms with Crippen molar-refractivity contribution in [3.8, 4) is 0 Å². The van der Waals surface area contributed by atoms with E-state index in [9.17, 15) is 4.79 Å². The highest BCUT2D eigenvalue weighted by atomic mass is 16.5. The lowest BCUT2D eigenvalue weighted by Crippen LogP contribution is -2.21. The molecule has 0 amide bonds. The van der Waals surface area contributed by atoms with Crippen LogP contribution in [-0.4, -0.2) is 16.2 Å². The first-order valence-electron chi connectivity index (χ1n) is 4.26. The van der Waals surface area contributed by atoms with Gasteiger partial charge in [-0.25, -0.2) is 4.98 Å². The Balaban J connectivity index is 3.00. The van der Waals surface area contributed by atoms with Gasteiger partial charge in [-0.2, -0.15) is 0 Å². The van der Waals surface area contributed by atoms with Crippen LogP contribution in [0.15, 0.2) is 17.4 Å². The SMILES string of the molecule is CCO/C=C/c1ncn(C)c(=O)c1N. The van der Waals surface area contributed by atoms with E-state index in [2.05, 4.69) is 4.98 Å². The summed E-state index contributed by atoms with van der Waals surface area (Å²) in [6.07, 6.45) is 4.46. The molecule has 1 aromatic rings. The van der Waals surface area contributed by atoms with Gasteiger partial charge in [-0.1, -0.05) is 0 Å². The highest BCUT2D eigenvalue weighted by molar-refractivity contribution is 5.58. The summed E-state index contributed by atoms with van der Waals surface area (Å²) in [7, 11) is 1.60. The lowest BCUT2D eigenvalue weighted by molar-refractivity contribution is 0.272. The summed E-state index contributed by atoms with van der Waals surface area (Å²) in [6, 6.07) is 0. The molecule has 0 aliphatic rings. The molecule has 0 fully saturated rings. The molecule has 5 heteroatoms. The summed E-state index contributed by atoms with van der Waals surface area (Å²) in [5, 5.41) is 0. The number of aromatic nitrogens is 2. The summed E-state index contributed by atoms with van der Waals surface area (Å²) < 4.78 is 6.30. The van der Waals surface area contributed by atoms with Crippen molar-refractivity contribution < 1.29 is 4.74 Å². The number of ether oxygens (including phenoxy) is 1. The molecule has 0 aromatic carbocycles. The van der Waals surface area contributed by atoms with Crippen molar-refractivity contribution in [1.82, 2.24) is 9.55 Å². The van der Waals surface area contributed by atoms with E-state index in [-0.39, 0.29) is 11.2 Å². The van der Waals surface area contributed by atoms with E-state index in [4.69, 9.17) is 10.5 Å². The summed E-state index contributed by atoms with van der Waals surface area (Å²) in [4.78, 5) is 15.3. The van der Waals surface area contributed by atoms with E-state index in [1.807, 2.05) is 6.92 Å². The maximum Gasteiger partial charge on any atom is 0.276 e. The Morgan fingerprint density at radius 3 is 3.07 bits per heavy atom. The largest absolute Gasteiger partial charge is 0.501 e. The minimum Gasteiger partial charge on any atom is -0.501 e. The van der Waals surface area contributed by atoms with Crippen molar-refractivity contribution in [1.29, 1.82) is 0 Å². The average molecular weight is 195 g/mol. The molecule has 0 aliphatic carbocycles. The second-order valence-electron chi connectivity index (χ2n) is 2.72. The van der Waals surface area contributed by atoms with E-state index >= 15 is 0 Å². The van der Waals surface area contributed by atoms with Crippen molar-refractivity contribution >= 4 is 11.8 Å². The van der Waals surface area contributed by atoms with E-state index < -0.39 is 0 Å². The van der Waals surface area contributed by atoms with Crippen molar-refractivity contribution in [2.75, 3.05) is 12.3 Å². The smallest absolute Gasteiger partial charge is 0.276 e. The Labute approximate surface area is 81.8 Å². The van der Waals surface area contributed by atoms with Crippen molar-refractivity contribution in [3.05, 3.63) is 28.6 Å². The van der Waals surface area contributed by atoms with E-state index in [1.54, 1.807) is 13.1 Å². The van der Waals surface area contributed by atoms with Gasteiger partial charge in [0.2, 0.25) is 0 Å². The fourth-order valence-corrected chi connectivity index (χ4v) is 0.912. The number of hydrogen-bond acceptors (Lipinski definition) is 4. The van der Waals surface area contributed by atoms with Gasteiger partial charge in [0, 0.05) is 13.1 Å². The van der Waals surface area contributed by atoms with Gasteiger partial charge in [0.15, 0.2) is 0 Å². The standard InChI is InChI=1S/C9H13N3O2/c1-3-14-5-4-7-8(10)9(13)12(2)6-11-7/h4-6H,3,10H2,1-2H3/b5-4+. The Kier molecular flexibility index (Phi) is 3.28.